The fourth-order valence-electron chi connectivity index (χ4n) is 9.22. The summed E-state index contributed by atoms with van der Waals surface area (Å²) in [6, 6.07) is 18.0. The van der Waals surface area contributed by atoms with Gasteiger partial charge < -0.3 is 14.9 Å². The molecule has 4 amide bonds. The van der Waals surface area contributed by atoms with Gasteiger partial charge in [0.05, 0.1) is 40.9 Å². The first-order valence-corrected chi connectivity index (χ1v) is 18.7. The molecule has 2 aliphatic heterocycles. The quantitative estimate of drug-likeness (QED) is 0.126. The molecule has 3 N–H and O–H groups in total. The van der Waals surface area contributed by atoms with Gasteiger partial charge in [-0.3, -0.25) is 29.5 Å². The lowest BCUT2D eigenvalue weighted by atomic mass is 9.49. The molecule has 4 aromatic rings. The zero-order chi connectivity index (χ0) is 40.6. The predicted octanol–water partition coefficient (Wildman–Crippen LogP) is 7.05. The Morgan fingerprint density at radius 3 is 2.32 bits per heavy atom. The van der Waals surface area contributed by atoms with Gasteiger partial charge >= 0.3 is 6.18 Å². The van der Waals surface area contributed by atoms with Crippen molar-refractivity contribution >= 4 is 52.6 Å². The average Bonchev–Trinajstić information content (AvgIpc) is 3.55. The first-order chi connectivity index (χ1) is 27.1. The number of halogens is 5. The van der Waals surface area contributed by atoms with E-state index >= 15 is 4.79 Å². The number of rotatable bonds is 8. The summed E-state index contributed by atoms with van der Waals surface area (Å²) in [7, 11) is 1.36. The predicted molar refractivity (Wildman–Crippen MR) is 200 cm³/mol. The summed E-state index contributed by atoms with van der Waals surface area (Å²) < 4.78 is 46.0. The lowest BCUT2D eigenvalue weighted by Gasteiger charge is -2.50. The van der Waals surface area contributed by atoms with Gasteiger partial charge in [-0.15, -0.1) is 0 Å². The van der Waals surface area contributed by atoms with Crippen molar-refractivity contribution in [3.05, 3.63) is 123 Å². The molecule has 6 atom stereocenters. The molecule has 0 unspecified atom stereocenters. The van der Waals surface area contributed by atoms with E-state index in [1.807, 2.05) is 6.08 Å². The third-order valence-electron chi connectivity index (χ3n) is 11.7. The van der Waals surface area contributed by atoms with Gasteiger partial charge in [0.1, 0.15) is 5.75 Å². The lowest BCUT2D eigenvalue weighted by Crippen LogP contribution is -2.53. The molecule has 294 valence electrons. The minimum atomic E-state index is -4.76. The summed E-state index contributed by atoms with van der Waals surface area (Å²) in [6.07, 6.45) is -1.91. The number of nitrogens with one attached hydrogen (secondary N) is 1. The van der Waals surface area contributed by atoms with Gasteiger partial charge in [0.15, 0.2) is 17.3 Å². The lowest BCUT2D eigenvalue weighted by molar-refractivity contribution is -0.141. The van der Waals surface area contributed by atoms with E-state index in [-0.39, 0.29) is 48.4 Å². The molecule has 1 saturated carbocycles. The van der Waals surface area contributed by atoms with Crippen LogP contribution in [0.1, 0.15) is 41.0 Å². The topological polar surface area (TPSA) is 149 Å². The number of benzene rings is 3. The van der Waals surface area contributed by atoms with Crippen molar-refractivity contribution in [1.82, 2.24) is 14.9 Å². The van der Waals surface area contributed by atoms with Crippen LogP contribution in [0.2, 0.25) is 10.0 Å². The monoisotopic (exact) mass is 820 g/mol. The van der Waals surface area contributed by atoms with Crippen molar-refractivity contribution in [2.75, 3.05) is 19.1 Å². The Bertz CT molecular complexity index is 2360. The Morgan fingerprint density at radius 1 is 0.930 bits per heavy atom. The average molecular weight is 822 g/mol. The molecule has 3 fully saturated rings. The molecule has 16 heteroatoms. The van der Waals surface area contributed by atoms with Crippen molar-refractivity contribution in [1.29, 1.82) is 0 Å². The maximum Gasteiger partial charge on any atom is 0.417 e. The van der Waals surface area contributed by atoms with Crippen LogP contribution in [0.15, 0.2) is 90.6 Å². The fourth-order valence-corrected chi connectivity index (χ4v) is 9.56. The van der Waals surface area contributed by atoms with Crippen LogP contribution in [0, 0.1) is 23.7 Å². The van der Waals surface area contributed by atoms with Crippen molar-refractivity contribution in [2.45, 2.75) is 36.8 Å². The first-order valence-electron chi connectivity index (χ1n) is 18.0. The zero-order valence-electron chi connectivity index (χ0n) is 30.0. The van der Waals surface area contributed by atoms with Crippen LogP contribution < -0.4 is 10.2 Å². The normalized spacial score (nSPS) is 25.6. The van der Waals surface area contributed by atoms with E-state index < -0.39 is 69.5 Å². The molecular formula is C41H33Cl2F3N4O7. The molecule has 0 radical (unpaired) electrons. The Kier molecular flexibility index (Phi) is 9.47. The standard InChI is InChI=1S/C41H33Cl2F3N4O7/c1-57-32-16-21(4-13-31(32)52)34-26-11-12-27-33(38(55)49(36(27)53)15-14-20-2-9-25(51)10-3-20)28(26)18-29-37(54)50(39(56)40(29,34)22-5-7-24(42)8-6-22)48-35-30(43)17-23(19-47-35)41(44,45)46/h2-11,13,16-17,19,27-29,33-34,51-52H,12,14-15,18H2,1H3,(H,47,48)/t27-,28+,29-,33-,34-,40+/m0/s1. The number of allylic oxidation sites excluding steroid dienone is 2. The van der Waals surface area contributed by atoms with Crippen LogP contribution in [-0.4, -0.2) is 62.4 Å². The van der Waals surface area contributed by atoms with Crippen LogP contribution in [0.4, 0.5) is 19.0 Å². The first kappa shape index (κ1) is 38.3. The number of methoxy groups -OCH3 is 1. The smallest absolute Gasteiger partial charge is 0.417 e. The number of carbonyl (C=O) groups is 4. The van der Waals surface area contributed by atoms with Crippen LogP contribution in [0.25, 0.3) is 0 Å². The second-order valence-corrected chi connectivity index (χ2v) is 15.4. The highest BCUT2D eigenvalue weighted by Crippen LogP contribution is 2.64. The highest BCUT2D eigenvalue weighted by atomic mass is 35.5. The molecule has 3 heterocycles. The largest absolute Gasteiger partial charge is 0.508 e. The summed E-state index contributed by atoms with van der Waals surface area (Å²) in [5.74, 6) is -7.23. The molecule has 0 spiro atoms. The summed E-state index contributed by atoms with van der Waals surface area (Å²) in [4.78, 5) is 63.6. The third-order valence-corrected chi connectivity index (χ3v) is 12.3. The number of aromatic nitrogens is 1. The number of fused-ring (bicyclic) bond motifs is 4. The minimum absolute atomic E-state index is 0.0525. The van der Waals surface area contributed by atoms with Crippen LogP contribution in [0.5, 0.6) is 17.2 Å². The molecule has 57 heavy (non-hydrogen) atoms. The minimum Gasteiger partial charge on any atom is -0.508 e. The van der Waals surface area contributed by atoms with Crippen LogP contribution in [-0.2, 0) is 37.2 Å². The molecular weight excluding hydrogens is 788 g/mol. The van der Waals surface area contributed by atoms with E-state index in [1.165, 1.54) is 30.2 Å². The molecule has 2 aliphatic carbocycles. The second kappa shape index (κ2) is 14.1. The van der Waals surface area contributed by atoms with Gasteiger partial charge in [0, 0.05) is 23.7 Å². The number of likely N-dealkylation sites (tertiary alicyclic amines) is 1. The summed E-state index contributed by atoms with van der Waals surface area (Å²) in [5.41, 5.74) is 1.99. The number of nitrogens with zero attached hydrogens (tertiary/aromatic N) is 3. The van der Waals surface area contributed by atoms with Crippen LogP contribution >= 0.6 is 23.2 Å². The molecule has 1 aromatic heterocycles. The summed E-state index contributed by atoms with van der Waals surface area (Å²) in [6.45, 7) is 0.0875. The van der Waals surface area contributed by atoms with Gasteiger partial charge in [-0.2, -0.15) is 18.2 Å². The van der Waals surface area contributed by atoms with E-state index in [9.17, 15) is 37.8 Å². The molecule has 11 nitrogen and oxygen atoms in total. The van der Waals surface area contributed by atoms with Gasteiger partial charge in [0.2, 0.25) is 11.8 Å². The van der Waals surface area contributed by atoms with Crippen molar-refractivity contribution in [3.63, 3.8) is 0 Å². The number of hydrogen-bond acceptors (Lipinski definition) is 9. The number of phenolic OH excluding ortho intramolecular Hbond substituents is 2. The highest BCUT2D eigenvalue weighted by Gasteiger charge is 2.70. The third kappa shape index (κ3) is 6.16. The summed E-state index contributed by atoms with van der Waals surface area (Å²) >= 11 is 12.6. The Hall–Kier alpha value is -5.60. The van der Waals surface area contributed by atoms with E-state index in [2.05, 4.69) is 10.4 Å². The van der Waals surface area contributed by atoms with Gasteiger partial charge in [-0.25, -0.2) is 4.98 Å². The maximum atomic E-state index is 15.3. The number of phenols is 2. The number of carbonyl (C=O) groups excluding carboxylic acids is 4. The Morgan fingerprint density at radius 2 is 1.65 bits per heavy atom. The van der Waals surface area contributed by atoms with E-state index in [4.69, 9.17) is 27.9 Å². The Balaban J connectivity index is 1.26. The number of ether oxygens (including phenoxy) is 1. The number of hydrazine groups is 1. The maximum absolute atomic E-state index is 15.3. The molecule has 2 saturated heterocycles. The molecule has 3 aromatic carbocycles. The van der Waals surface area contributed by atoms with E-state index in [0.717, 1.165) is 5.56 Å². The second-order valence-electron chi connectivity index (χ2n) is 14.6. The fraction of sp³-hybridized carbons (Fsp3) is 0.293. The number of aromatic hydroxyl groups is 2. The number of imide groups is 2. The Labute approximate surface area is 333 Å². The number of alkyl halides is 3. The zero-order valence-corrected chi connectivity index (χ0v) is 31.5. The number of anilines is 1. The van der Waals surface area contributed by atoms with E-state index in [1.54, 1.807) is 48.5 Å². The van der Waals surface area contributed by atoms with E-state index in [0.29, 0.717) is 45.4 Å². The van der Waals surface area contributed by atoms with Crippen molar-refractivity contribution < 1.29 is 47.3 Å². The van der Waals surface area contributed by atoms with Gasteiger partial charge in [-0.05, 0) is 84.3 Å². The molecule has 8 rings (SSSR count). The van der Waals surface area contributed by atoms with Gasteiger partial charge in [-0.1, -0.05) is 65.2 Å². The number of pyridine rings is 1. The van der Waals surface area contributed by atoms with Crippen LogP contribution in [0.3, 0.4) is 0 Å². The molecule has 4 aliphatic rings. The van der Waals surface area contributed by atoms with Crippen molar-refractivity contribution in [2.24, 2.45) is 23.7 Å². The van der Waals surface area contributed by atoms with Crippen molar-refractivity contribution in [3.8, 4) is 17.2 Å². The number of amides is 4. The highest BCUT2D eigenvalue weighted by molar-refractivity contribution is 6.33. The molecule has 0 bridgehead atoms. The SMILES string of the molecule is COc1cc([C@H]2C3=CC[C@@H]4C(=O)N(CCc5ccc(O)cc5)C(=O)[C@@H]4[C@@H]3C[C@H]3C(=O)N(Nc4ncc(C(F)(F)F)cc4Cl)C(=O)[C@@]23c2ccc(Cl)cc2)ccc1O. The van der Waals surface area contributed by atoms with Gasteiger partial charge in [0.25, 0.3) is 11.8 Å². The summed E-state index contributed by atoms with van der Waals surface area (Å²) in [5, 5.41) is 20.9. The number of hydrogen-bond donors (Lipinski definition) is 3.